The van der Waals surface area contributed by atoms with Crippen molar-refractivity contribution >= 4 is 43.2 Å². The molecule has 3 rings (SSSR count). The minimum Gasteiger partial charge on any atom is -0.309 e. The van der Waals surface area contributed by atoms with E-state index >= 15 is 0 Å². The van der Waals surface area contributed by atoms with Crippen LogP contribution in [0, 0.1) is 11.6 Å². The van der Waals surface area contributed by atoms with E-state index in [4.69, 9.17) is 11.6 Å². The van der Waals surface area contributed by atoms with Crippen LogP contribution in [0.4, 0.5) is 8.78 Å². The van der Waals surface area contributed by atoms with Gasteiger partial charge >= 0.3 is 0 Å². The summed E-state index contributed by atoms with van der Waals surface area (Å²) in [4.78, 5) is -0.0273. The topological polar surface area (TPSA) is 51.4 Å². The zero-order valence-electron chi connectivity index (χ0n) is 12.6. The fourth-order valence-corrected chi connectivity index (χ4v) is 4.67. The molecule has 0 unspecified atom stereocenters. The van der Waals surface area contributed by atoms with Crippen molar-refractivity contribution in [2.45, 2.75) is 11.4 Å². The van der Waals surface area contributed by atoms with Crippen molar-refractivity contribution < 1.29 is 17.2 Å². The Bertz CT molecular complexity index is 1130. The van der Waals surface area contributed by atoms with E-state index in [2.05, 4.69) is 11.0 Å². The van der Waals surface area contributed by atoms with E-state index in [-0.39, 0.29) is 26.5 Å². The SMILES string of the molecule is C=CCn1c(=NS(=O)(=O)c2ccc(Cl)cc2)sc2cc(F)cc(F)c21. The van der Waals surface area contributed by atoms with E-state index in [1.54, 1.807) is 0 Å². The quantitative estimate of drug-likeness (QED) is 0.619. The first-order chi connectivity index (χ1) is 11.8. The Labute approximate surface area is 151 Å². The fourth-order valence-electron chi connectivity index (χ4n) is 2.26. The Morgan fingerprint density at radius 1 is 1.24 bits per heavy atom. The highest BCUT2D eigenvalue weighted by atomic mass is 35.5. The van der Waals surface area contributed by atoms with Crippen LogP contribution in [-0.2, 0) is 16.6 Å². The lowest BCUT2D eigenvalue weighted by atomic mass is 10.3. The predicted molar refractivity (Wildman–Crippen MR) is 94.1 cm³/mol. The van der Waals surface area contributed by atoms with E-state index in [0.29, 0.717) is 5.02 Å². The van der Waals surface area contributed by atoms with Gasteiger partial charge in [0.15, 0.2) is 5.82 Å². The summed E-state index contributed by atoms with van der Waals surface area (Å²) in [5.41, 5.74) is 0.0800. The van der Waals surface area contributed by atoms with Gasteiger partial charge in [0.05, 0.1) is 15.1 Å². The molecule has 0 aliphatic carbocycles. The normalized spacial score (nSPS) is 12.7. The van der Waals surface area contributed by atoms with Crippen LogP contribution in [0.25, 0.3) is 10.2 Å². The zero-order valence-corrected chi connectivity index (χ0v) is 15.0. The predicted octanol–water partition coefficient (Wildman–Crippen LogP) is 4.11. The van der Waals surface area contributed by atoms with Crippen LogP contribution in [0.1, 0.15) is 0 Å². The molecule has 0 bridgehead atoms. The van der Waals surface area contributed by atoms with Gasteiger partial charge in [-0.25, -0.2) is 8.78 Å². The number of allylic oxidation sites excluding steroid dienone is 1. The van der Waals surface area contributed by atoms with Gasteiger partial charge in [-0.1, -0.05) is 29.0 Å². The summed E-state index contributed by atoms with van der Waals surface area (Å²) in [6, 6.07) is 7.39. The first-order valence-corrected chi connectivity index (χ1v) is 9.61. The lowest BCUT2D eigenvalue weighted by molar-refractivity contribution is 0.585. The van der Waals surface area contributed by atoms with E-state index in [0.717, 1.165) is 23.5 Å². The highest BCUT2D eigenvalue weighted by Gasteiger charge is 2.17. The molecule has 0 saturated carbocycles. The summed E-state index contributed by atoms with van der Waals surface area (Å²) in [6.45, 7) is 3.70. The lowest BCUT2D eigenvalue weighted by Gasteiger charge is -2.03. The third-order valence-electron chi connectivity index (χ3n) is 3.32. The van der Waals surface area contributed by atoms with Crippen molar-refractivity contribution in [3.8, 4) is 0 Å². The molecule has 0 N–H and O–H groups in total. The van der Waals surface area contributed by atoms with Crippen LogP contribution in [0.2, 0.25) is 5.02 Å². The monoisotopic (exact) mass is 400 g/mol. The van der Waals surface area contributed by atoms with Crippen LogP contribution in [-0.4, -0.2) is 13.0 Å². The molecule has 0 radical (unpaired) electrons. The summed E-state index contributed by atoms with van der Waals surface area (Å²) in [5, 5.41) is 0.389. The zero-order chi connectivity index (χ0) is 18.2. The molecule has 9 heteroatoms. The number of hydrogen-bond acceptors (Lipinski definition) is 3. The fraction of sp³-hybridized carbons (Fsp3) is 0.0625. The highest BCUT2D eigenvalue weighted by molar-refractivity contribution is 7.90. The van der Waals surface area contributed by atoms with Gasteiger partial charge in [-0.3, -0.25) is 0 Å². The summed E-state index contributed by atoms with van der Waals surface area (Å²) in [6.07, 6.45) is 1.48. The van der Waals surface area contributed by atoms with Gasteiger partial charge in [0.1, 0.15) is 5.82 Å². The molecule has 1 heterocycles. The van der Waals surface area contributed by atoms with Gasteiger partial charge in [0.2, 0.25) is 4.80 Å². The molecule has 3 aromatic rings. The van der Waals surface area contributed by atoms with Crippen molar-refractivity contribution in [2.75, 3.05) is 0 Å². The Kier molecular flexibility index (Phi) is 4.77. The molecule has 0 amide bonds. The second-order valence-electron chi connectivity index (χ2n) is 5.04. The van der Waals surface area contributed by atoms with Gasteiger partial charge < -0.3 is 4.57 Å². The van der Waals surface area contributed by atoms with Gasteiger partial charge in [-0.2, -0.15) is 8.42 Å². The van der Waals surface area contributed by atoms with Crippen LogP contribution in [0.15, 0.2) is 58.3 Å². The standard InChI is InChI=1S/C16H11ClF2N2O2S2/c1-2-7-21-15-13(19)8-11(18)9-14(15)24-16(21)20-25(22,23)12-5-3-10(17)4-6-12/h2-6,8-9H,1,7H2. The number of rotatable bonds is 4. The molecule has 2 aromatic carbocycles. The van der Waals surface area contributed by atoms with Crippen LogP contribution >= 0.6 is 22.9 Å². The average molecular weight is 401 g/mol. The molecule has 1 aromatic heterocycles. The number of benzene rings is 2. The summed E-state index contributed by atoms with van der Waals surface area (Å²) in [7, 11) is -4.04. The number of hydrogen-bond donors (Lipinski definition) is 0. The Morgan fingerprint density at radius 2 is 1.92 bits per heavy atom. The number of halogens is 3. The Morgan fingerprint density at radius 3 is 2.56 bits per heavy atom. The third kappa shape index (κ3) is 3.51. The largest absolute Gasteiger partial charge is 0.309 e. The molecule has 0 aliphatic rings. The van der Waals surface area contributed by atoms with Crippen molar-refractivity contribution in [2.24, 2.45) is 4.40 Å². The minimum atomic E-state index is -4.04. The van der Waals surface area contributed by atoms with Crippen LogP contribution in [0.5, 0.6) is 0 Å². The number of fused-ring (bicyclic) bond motifs is 1. The number of sulfonamides is 1. The van der Waals surface area contributed by atoms with Crippen molar-refractivity contribution in [3.63, 3.8) is 0 Å². The lowest BCUT2D eigenvalue weighted by Crippen LogP contribution is -2.17. The molecule has 0 fully saturated rings. The average Bonchev–Trinajstić information content (AvgIpc) is 2.85. The molecular formula is C16H11ClF2N2O2S2. The molecule has 25 heavy (non-hydrogen) atoms. The summed E-state index contributed by atoms with van der Waals surface area (Å²) < 4.78 is 58.0. The summed E-state index contributed by atoms with van der Waals surface area (Å²) in [5.74, 6) is -1.54. The van der Waals surface area contributed by atoms with Crippen LogP contribution < -0.4 is 4.80 Å². The van der Waals surface area contributed by atoms with Gasteiger partial charge in [0, 0.05) is 17.6 Å². The third-order valence-corrected chi connectivity index (χ3v) is 5.99. The van der Waals surface area contributed by atoms with Gasteiger partial charge in [-0.05, 0) is 30.3 Å². The highest BCUT2D eigenvalue weighted by Crippen LogP contribution is 2.23. The van der Waals surface area contributed by atoms with E-state index in [1.807, 2.05) is 0 Å². The molecule has 130 valence electrons. The molecule has 4 nitrogen and oxygen atoms in total. The van der Waals surface area contributed by atoms with Crippen LogP contribution in [0.3, 0.4) is 0 Å². The van der Waals surface area contributed by atoms with Gasteiger partial charge in [0.25, 0.3) is 10.0 Å². The van der Waals surface area contributed by atoms with E-state index < -0.39 is 21.7 Å². The maximum absolute atomic E-state index is 14.2. The Hall–Kier alpha value is -2.03. The summed E-state index contributed by atoms with van der Waals surface area (Å²) >= 11 is 6.64. The maximum atomic E-state index is 14.2. The van der Waals surface area contributed by atoms with Crippen molar-refractivity contribution in [1.29, 1.82) is 0 Å². The number of thiazole rings is 1. The number of nitrogens with zero attached hydrogens (tertiary/aromatic N) is 2. The number of aromatic nitrogens is 1. The minimum absolute atomic E-state index is 0.0225. The molecule has 0 atom stereocenters. The molecule has 0 saturated heterocycles. The van der Waals surface area contributed by atoms with E-state index in [1.165, 1.54) is 34.9 Å². The van der Waals surface area contributed by atoms with Gasteiger partial charge in [-0.15, -0.1) is 11.0 Å². The Balaban J connectivity index is 2.28. The van der Waals surface area contributed by atoms with Crippen molar-refractivity contribution in [1.82, 2.24) is 4.57 Å². The molecule has 0 aliphatic heterocycles. The smallest absolute Gasteiger partial charge is 0.285 e. The maximum Gasteiger partial charge on any atom is 0.285 e. The first-order valence-electron chi connectivity index (χ1n) is 6.97. The second-order valence-corrected chi connectivity index (χ2v) is 8.09. The molecule has 0 spiro atoms. The first kappa shape index (κ1) is 17.8. The van der Waals surface area contributed by atoms with E-state index in [9.17, 15) is 17.2 Å². The van der Waals surface area contributed by atoms with Crippen molar-refractivity contribution in [3.05, 3.63) is 70.5 Å². The molecular weight excluding hydrogens is 390 g/mol. The second kappa shape index (κ2) is 6.70.